The lowest BCUT2D eigenvalue weighted by Gasteiger charge is -2.27. The minimum atomic E-state index is -0.322. The number of ether oxygens (including phenoxy) is 1. The molecule has 0 fully saturated rings. The number of hydrogen-bond donors (Lipinski definition) is 0. The average Bonchev–Trinajstić information content (AvgIpc) is 2.64. The summed E-state index contributed by atoms with van der Waals surface area (Å²) < 4.78 is 5.75. The maximum absolute atomic E-state index is 11.5. The summed E-state index contributed by atoms with van der Waals surface area (Å²) in [6, 6.07) is 13.9. The van der Waals surface area contributed by atoms with Gasteiger partial charge in [0.25, 0.3) is 5.69 Å². The molecule has 27 heavy (non-hydrogen) atoms. The first kappa shape index (κ1) is 19.1. The molecular formula is C22H26N2O3. The van der Waals surface area contributed by atoms with Crippen LogP contribution in [0.15, 0.2) is 48.5 Å². The molecule has 0 atom stereocenters. The zero-order chi connectivity index (χ0) is 19.4. The van der Waals surface area contributed by atoms with Gasteiger partial charge in [0.15, 0.2) is 0 Å². The molecule has 5 heteroatoms. The fraction of sp³-hybridized carbons (Fsp3) is 0.364. The molecule has 1 aliphatic rings. The van der Waals surface area contributed by atoms with Crippen molar-refractivity contribution in [1.82, 2.24) is 4.90 Å². The third kappa shape index (κ3) is 4.74. The molecule has 0 saturated heterocycles. The van der Waals surface area contributed by atoms with Gasteiger partial charge in [-0.15, -0.1) is 0 Å². The van der Waals surface area contributed by atoms with Crippen LogP contribution < -0.4 is 4.74 Å². The van der Waals surface area contributed by atoms with E-state index in [1.54, 1.807) is 0 Å². The normalized spacial score (nSPS) is 14.9. The molecule has 2 aromatic carbocycles. The predicted octanol–water partition coefficient (Wildman–Crippen LogP) is 4.98. The second kappa shape index (κ2) is 8.35. The van der Waals surface area contributed by atoms with Crippen molar-refractivity contribution in [1.29, 1.82) is 0 Å². The SMILES string of the molecule is Cc1c(C2=CCN(Cc3ccccc3)CC2)cc(OC(C)C)cc1[N+](=O)[O-]. The van der Waals surface area contributed by atoms with Gasteiger partial charge in [-0.1, -0.05) is 36.4 Å². The lowest BCUT2D eigenvalue weighted by molar-refractivity contribution is -0.385. The minimum Gasteiger partial charge on any atom is -0.491 e. The van der Waals surface area contributed by atoms with E-state index in [2.05, 4.69) is 35.2 Å². The van der Waals surface area contributed by atoms with Gasteiger partial charge in [0.1, 0.15) is 5.75 Å². The first-order valence-electron chi connectivity index (χ1n) is 9.35. The molecule has 0 bridgehead atoms. The fourth-order valence-corrected chi connectivity index (χ4v) is 3.48. The monoisotopic (exact) mass is 366 g/mol. The van der Waals surface area contributed by atoms with Gasteiger partial charge >= 0.3 is 0 Å². The minimum absolute atomic E-state index is 0.0261. The Morgan fingerprint density at radius 2 is 1.96 bits per heavy atom. The molecule has 2 aromatic rings. The van der Waals surface area contributed by atoms with Crippen molar-refractivity contribution in [3.05, 3.63) is 75.3 Å². The van der Waals surface area contributed by atoms with Crippen molar-refractivity contribution in [3.8, 4) is 5.75 Å². The van der Waals surface area contributed by atoms with E-state index in [0.29, 0.717) is 11.3 Å². The average molecular weight is 366 g/mol. The second-order valence-electron chi connectivity index (χ2n) is 7.24. The van der Waals surface area contributed by atoms with E-state index in [1.807, 2.05) is 32.9 Å². The van der Waals surface area contributed by atoms with Crippen LogP contribution in [0.5, 0.6) is 5.75 Å². The number of nitro groups is 1. The largest absolute Gasteiger partial charge is 0.491 e. The maximum atomic E-state index is 11.5. The number of rotatable bonds is 6. The third-order valence-electron chi connectivity index (χ3n) is 4.81. The standard InChI is InChI=1S/C22H26N2O3/c1-16(2)27-20-13-21(17(3)22(14-20)24(25)26)19-9-11-23(12-10-19)15-18-7-5-4-6-8-18/h4-9,13-14,16H,10-12,15H2,1-3H3. The fourth-order valence-electron chi connectivity index (χ4n) is 3.48. The molecule has 0 unspecified atom stereocenters. The van der Waals surface area contributed by atoms with Crippen molar-refractivity contribution in [2.24, 2.45) is 0 Å². The van der Waals surface area contributed by atoms with E-state index in [4.69, 9.17) is 4.74 Å². The molecule has 0 N–H and O–H groups in total. The predicted molar refractivity (Wildman–Crippen MR) is 108 cm³/mol. The van der Waals surface area contributed by atoms with E-state index in [-0.39, 0.29) is 16.7 Å². The lowest BCUT2D eigenvalue weighted by atomic mass is 9.94. The molecular weight excluding hydrogens is 340 g/mol. The summed E-state index contributed by atoms with van der Waals surface area (Å²) in [6.07, 6.45) is 3.04. The molecule has 1 aliphatic heterocycles. The van der Waals surface area contributed by atoms with Gasteiger partial charge in [0.05, 0.1) is 17.1 Å². The summed E-state index contributed by atoms with van der Waals surface area (Å²) in [5.41, 5.74) is 4.22. The van der Waals surface area contributed by atoms with Crippen LogP contribution >= 0.6 is 0 Å². The summed E-state index contributed by atoms with van der Waals surface area (Å²) in [7, 11) is 0. The van der Waals surface area contributed by atoms with E-state index in [9.17, 15) is 10.1 Å². The van der Waals surface area contributed by atoms with Crippen LogP contribution in [0.1, 0.15) is 37.0 Å². The Balaban J connectivity index is 1.83. The van der Waals surface area contributed by atoms with Gasteiger partial charge in [-0.25, -0.2) is 0 Å². The molecule has 0 aliphatic carbocycles. The third-order valence-corrected chi connectivity index (χ3v) is 4.81. The van der Waals surface area contributed by atoms with Crippen LogP contribution in [-0.2, 0) is 6.54 Å². The number of hydrogen-bond acceptors (Lipinski definition) is 4. The van der Waals surface area contributed by atoms with Crippen LogP contribution in [0, 0.1) is 17.0 Å². The topological polar surface area (TPSA) is 55.6 Å². The molecule has 142 valence electrons. The van der Waals surface area contributed by atoms with E-state index < -0.39 is 0 Å². The van der Waals surface area contributed by atoms with Crippen LogP contribution in [0.4, 0.5) is 5.69 Å². The highest BCUT2D eigenvalue weighted by molar-refractivity contribution is 5.73. The van der Waals surface area contributed by atoms with Crippen molar-refractivity contribution < 1.29 is 9.66 Å². The molecule has 0 aromatic heterocycles. The van der Waals surface area contributed by atoms with Crippen molar-refractivity contribution in [3.63, 3.8) is 0 Å². The van der Waals surface area contributed by atoms with Crippen LogP contribution in [-0.4, -0.2) is 29.0 Å². The van der Waals surface area contributed by atoms with Gasteiger partial charge in [-0.2, -0.15) is 0 Å². The van der Waals surface area contributed by atoms with Gasteiger partial charge in [0, 0.05) is 25.2 Å². The zero-order valence-corrected chi connectivity index (χ0v) is 16.1. The first-order valence-corrected chi connectivity index (χ1v) is 9.35. The Hall–Kier alpha value is -2.66. The summed E-state index contributed by atoms with van der Waals surface area (Å²) in [5, 5.41) is 11.5. The van der Waals surface area contributed by atoms with E-state index in [1.165, 1.54) is 11.6 Å². The molecule has 0 saturated carbocycles. The Morgan fingerprint density at radius 1 is 1.22 bits per heavy atom. The van der Waals surface area contributed by atoms with Crippen molar-refractivity contribution in [2.45, 2.75) is 39.8 Å². The lowest BCUT2D eigenvalue weighted by Crippen LogP contribution is -2.28. The smallest absolute Gasteiger partial charge is 0.276 e. The highest BCUT2D eigenvalue weighted by Crippen LogP contribution is 2.35. The van der Waals surface area contributed by atoms with Crippen LogP contribution in [0.3, 0.4) is 0 Å². The van der Waals surface area contributed by atoms with Gasteiger partial charge in [-0.3, -0.25) is 15.0 Å². The van der Waals surface area contributed by atoms with E-state index >= 15 is 0 Å². The summed E-state index contributed by atoms with van der Waals surface area (Å²) >= 11 is 0. The van der Waals surface area contributed by atoms with E-state index in [0.717, 1.165) is 37.2 Å². The second-order valence-corrected chi connectivity index (χ2v) is 7.24. The quantitative estimate of drug-likeness (QED) is 0.534. The molecule has 0 spiro atoms. The Morgan fingerprint density at radius 3 is 2.56 bits per heavy atom. The number of nitro benzene ring substituents is 1. The number of nitrogens with zero attached hydrogens (tertiary/aromatic N) is 2. The van der Waals surface area contributed by atoms with Crippen LogP contribution in [0.25, 0.3) is 5.57 Å². The van der Waals surface area contributed by atoms with Crippen molar-refractivity contribution in [2.75, 3.05) is 13.1 Å². The van der Waals surface area contributed by atoms with Gasteiger partial charge < -0.3 is 4.74 Å². The summed E-state index contributed by atoms with van der Waals surface area (Å²) in [6.45, 7) is 8.36. The molecule has 5 nitrogen and oxygen atoms in total. The highest BCUT2D eigenvalue weighted by atomic mass is 16.6. The Labute approximate surface area is 160 Å². The van der Waals surface area contributed by atoms with Crippen LogP contribution in [0.2, 0.25) is 0 Å². The zero-order valence-electron chi connectivity index (χ0n) is 16.1. The number of benzene rings is 2. The van der Waals surface area contributed by atoms with Crippen molar-refractivity contribution >= 4 is 11.3 Å². The molecule has 0 radical (unpaired) electrons. The summed E-state index contributed by atoms with van der Waals surface area (Å²) in [5.74, 6) is 0.560. The van der Waals surface area contributed by atoms with Gasteiger partial charge in [-0.05, 0) is 50.0 Å². The first-order chi connectivity index (χ1) is 12.9. The highest BCUT2D eigenvalue weighted by Gasteiger charge is 2.21. The maximum Gasteiger partial charge on any atom is 0.276 e. The van der Waals surface area contributed by atoms with Gasteiger partial charge in [0.2, 0.25) is 0 Å². The molecule has 3 rings (SSSR count). The Bertz CT molecular complexity index is 844. The molecule has 1 heterocycles. The Kier molecular flexibility index (Phi) is 5.91. The molecule has 0 amide bonds. The summed E-state index contributed by atoms with van der Waals surface area (Å²) in [4.78, 5) is 13.5.